The van der Waals surface area contributed by atoms with Gasteiger partial charge in [-0.25, -0.2) is 24.6 Å². The number of hydrogen-bond acceptors (Lipinski definition) is 9. The fourth-order valence-corrected chi connectivity index (χ4v) is 5.86. The standard InChI is InChI=1S/C23H26N8OS/c1-2-17(21(23-25-5-11-33-23)31-16-24-14-28-31)13-30(6-1)22-19-4-3-18(12-20(19)26-15-27-22)29-7-9-32-10-8-29/h3-5,11-12,14-17,21H,1-2,6-10,13H2. The SMILES string of the molecule is c1csc(C(C2CCCN(c3ncnc4cc(N5CCOCC5)ccc34)C2)n2cncn2)n1. The summed E-state index contributed by atoms with van der Waals surface area (Å²) in [5, 5.41) is 8.67. The molecule has 4 aromatic rings. The zero-order chi connectivity index (χ0) is 22.0. The zero-order valence-electron chi connectivity index (χ0n) is 18.3. The number of thiazole rings is 1. The fourth-order valence-electron chi connectivity index (χ4n) is 5.03. The van der Waals surface area contributed by atoms with Crippen molar-refractivity contribution in [3.8, 4) is 0 Å². The van der Waals surface area contributed by atoms with E-state index in [1.807, 2.05) is 16.3 Å². The first-order chi connectivity index (χ1) is 16.4. The van der Waals surface area contributed by atoms with E-state index >= 15 is 0 Å². The molecular formula is C23H26N8OS. The van der Waals surface area contributed by atoms with Crippen LogP contribution in [0.3, 0.4) is 0 Å². The number of aromatic nitrogens is 6. The van der Waals surface area contributed by atoms with Gasteiger partial charge in [0.2, 0.25) is 0 Å². The molecule has 0 N–H and O–H groups in total. The maximum atomic E-state index is 5.50. The normalized spacial score (nSPS) is 20.3. The van der Waals surface area contributed by atoms with Gasteiger partial charge in [0.1, 0.15) is 35.8 Å². The number of nitrogens with zero attached hydrogens (tertiary/aromatic N) is 8. The van der Waals surface area contributed by atoms with Crippen molar-refractivity contribution in [1.29, 1.82) is 0 Å². The van der Waals surface area contributed by atoms with E-state index in [0.717, 1.165) is 74.0 Å². The van der Waals surface area contributed by atoms with Crippen molar-refractivity contribution < 1.29 is 4.74 Å². The summed E-state index contributed by atoms with van der Waals surface area (Å²) in [7, 11) is 0. The number of morpholine rings is 1. The molecule has 10 heteroatoms. The highest BCUT2D eigenvalue weighted by molar-refractivity contribution is 7.09. The van der Waals surface area contributed by atoms with E-state index in [-0.39, 0.29) is 6.04 Å². The summed E-state index contributed by atoms with van der Waals surface area (Å²) < 4.78 is 7.46. The molecule has 2 unspecified atom stereocenters. The van der Waals surface area contributed by atoms with Crippen LogP contribution < -0.4 is 9.80 Å². The van der Waals surface area contributed by atoms with Crippen molar-refractivity contribution in [3.63, 3.8) is 0 Å². The van der Waals surface area contributed by atoms with E-state index in [2.05, 4.69) is 48.0 Å². The highest BCUT2D eigenvalue weighted by Crippen LogP contribution is 2.36. The lowest BCUT2D eigenvalue weighted by molar-refractivity contribution is 0.122. The maximum absolute atomic E-state index is 5.50. The van der Waals surface area contributed by atoms with Crippen LogP contribution in [0.2, 0.25) is 0 Å². The van der Waals surface area contributed by atoms with E-state index in [1.54, 1.807) is 30.3 Å². The van der Waals surface area contributed by atoms with Gasteiger partial charge in [0, 0.05) is 54.7 Å². The van der Waals surface area contributed by atoms with Gasteiger partial charge in [0.25, 0.3) is 0 Å². The molecule has 1 aromatic carbocycles. The summed E-state index contributed by atoms with van der Waals surface area (Å²) in [6.07, 6.45) is 9.18. The molecule has 2 saturated heterocycles. The van der Waals surface area contributed by atoms with Crippen LogP contribution in [0.4, 0.5) is 11.5 Å². The molecule has 2 atom stereocenters. The monoisotopic (exact) mass is 462 g/mol. The Kier molecular flexibility index (Phi) is 5.61. The lowest BCUT2D eigenvalue weighted by Gasteiger charge is -2.37. The number of ether oxygens (including phenoxy) is 1. The molecular weight excluding hydrogens is 436 g/mol. The van der Waals surface area contributed by atoms with Gasteiger partial charge in [-0.2, -0.15) is 5.10 Å². The van der Waals surface area contributed by atoms with Gasteiger partial charge in [-0.05, 0) is 31.0 Å². The molecule has 5 heterocycles. The Bertz CT molecular complexity index is 1160. The molecule has 3 aromatic heterocycles. The van der Waals surface area contributed by atoms with Gasteiger partial charge >= 0.3 is 0 Å². The van der Waals surface area contributed by atoms with Gasteiger partial charge in [0.05, 0.1) is 18.7 Å². The van der Waals surface area contributed by atoms with Crippen molar-refractivity contribution in [2.45, 2.75) is 18.9 Å². The highest BCUT2D eigenvalue weighted by atomic mass is 32.1. The average Bonchev–Trinajstić information content (AvgIpc) is 3.60. The molecule has 0 amide bonds. The minimum Gasteiger partial charge on any atom is -0.378 e. The van der Waals surface area contributed by atoms with Crippen LogP contribution in [0, 0.1) is 5.92 Å². The molecule has 2 aliphatic heterocycles. The number of fused-ring (bicyclic) bond motifs is 1. The second kappa shape index (κ2) is 9.03. The van der Waals surface area contributed by atoms with Crippen molar-refractivity contribution in [3.05, 3.63) is 53.8 Å². The van der Waals surface area contributed by atoms with Crippen molar-refractivity contribution in [2.24, 2.45) is 5.92 Å². The summed E-state index contributed by atoms with van der Waals surface area (Å²) >= 11 is 1.68. The summed E-state index contributed by atoms with van der Waals surface area (Å²) in [5.41, 5.74) is 2.18. The largest absolute Gasteiger partial charge is 0.378 e. The molecule has 0 bridgehead atoms. The van der Waals surface area contributed by atoms with Crippen LogP contribution >= 0.6 is 11.3 Å². The van der Waals surface area contributed by atoms with Crippen LogP contribution in [0.15, 0.2) is 48.8 Å². The Balaban J connectivity index is 1.30. The van der Waals surface area contributed by atoms with Gasteiger partial charge in [0.15, 0.2) is 0 Å². The Morgan fingerprint density at radius 3 is 2.79 bits per heavy atom. The summed E-state index contributed by atoms with van der Waals surface area (Å²) in [5.74, 6) is 1.37. The van der Waals surface area contributed by atoms with Crippen LogP contribution in [-0.4, -0.2) is 69.1 Å². The van der Waals surface area contributed by atoms with Crippen molar-refractivity contribution >= 4 is 33.7 Å². The van der Waals surface area contributed by atoms with Gasteiger partial charge in [-0.1, -0.05) is 0 Å². The van der Waals surface area contributed by atoms with Crippen LogP contribution in [0.1, 0.15) is 23.9 Å². The lowest BCUT2D eigenvalue weighted by Crippen LogP contribution is -2.40. The molecule has 33 heavy (non-hydrogen) atoms. The topological polar surface area (TPSA) is 85.1 Å². The van der Waals surface area contributed by atoms with Crippen LogP contribution in [0.25, 0.3) is 10.9 Å². The third kappa shape index (κ3) is 4.04. The van der Waals surface area contributed by atoms with E-state index in [0.29, 0.717) is 5.92 Å². The minimum absolute atomic E-state index is 0.0799. The fraction of sp³-hybridized carbons (Fsp3) is 0.435. The van der Waals surface area contributed by atoms with Crippen molar-refractivity contribution in [2.75, 3.05) is 49.2 Å². The maximum Gasteiger partial charge on any atom is 0.139 e. The Morgan fingerprint density at radius 2 is 1.97 bits per heavy atom. The number of anilines is 2. The lowest BCUT2D eigenvalue weighted by atomic mass is 9.90. The smallest absolute Gasteiger partial charge is 0.139 e. The van der Waals surface area contributed by atoms with Crippen molar-refractivity contribution in [1.82, 2.24) is 29.7 Å². The van der Waals surface area contributed by atoms with Crippen LogP contribution in [0.5, 0.6) is 0 Å². The van der Waals surface area contributed by atoms with E-state index in [4.69, 9.17) is 9.72 Å². The second-order valence-electron chi connectivity index (χ2n) is 8.54. The second-order valence-corrected chi connectivity index (χ2v) is 9.46. The first-order valence-corrected chi connectivity index (χ1v) is 12.3. The quantitative estimate of drug-likeness (QED) is 0.448. The first-order valence-electron chi connectivity index (χ1n) is 11.4. The molecule has 170 valence electrons. The Labute approximate surface area is 196 Å². The number of hydrogen-bond donors (Lipinski definition) is 0. The summed E-state index contributed by atoms with van der Waals surface area (Å²) in [6.45, 7) is 5.25. The van der Waals surface area contributed by atoms with Crippen LogP contribution in [-0.2, 0) is 4.74 Å². The van der Waals surface area contributed by atoms with E-state index in [1.165, 1.54) is 5.69 Å². The van der Waals surface area contributed by atoms with E-state index < -0.39 is 0 Å². The molecule has 0 aliphatic carbocycles. The molecule has 6 rings (SSSR count). The zero-order valence-corrected chi connectivity index (χ0v) is 19.1. The number of piperidine rings is 1. The molecule has 0 saturated carbocycles. The first kappa shape index (κ1) is 20.5. The summed E-state index contributed by atoms with van der Waals surface area (Å²) in [4.78, 5) is 22.9. The highest BCUT2D eigenvalue weighted by Gasteiger charge is 2.33. The number of rotatable bonds is 5. The molecule has 2 fully saturated rings. The average molecular weight is 463 g/mol. The predicted molar refractivity (Wildman–Crippen MR) is 128 cm³/mol. The molecule has 2 aliphatic rings. The Hall–Kier alpha value is -3.11. The third-order valence-electron chi connectivity index (χ3n) is 6.61. The van der Waals surface area contributed by atoms with Gasteiger partial charge < -0.3 is 14.5 Å². The van der Waals surface area contributed by atoms with Gasteiger partial charge in [-0.15, -0.1) is 11.3 Å². The number of benzene rings is 1. The molecule has 0 spiro atoms. The summed E-state index contributed by atoms with van der Waals surface area (Å²) in [6, 6.07) is 6.63. The predicted octanol–water partition coefficient (Wildman–Crippen LogP) is 3.02. The molecule has 0 radical (unpaired) electrons. The van der Waals surface area contributed by atoms with Gasteiger partial charge in [-0.3, -0.25) is 0 Å². The third-order valence-corrected chi connectivity index (χ3v) is 7.45. The Morgan fingerprint density at radius 1 is 1.03 bits per heavy atom. The molecule has 9 nitrogen and oxygen atoms in total. The van der Waals surface area contributed by atoms with E-state index in [9.17, 15) is 0 Å². The minimum atomic E-state index is 0.0799.